The van der Waals surface area contributed by atoms with Gasteiger partial charge in [-0.15, -0.1) is 0 Å². The number of aryl methyl sites for hydroxylation is 2. The number of fused-ring (bicyclic) bond motifs is 1. The van der Waals surface area contributed by atoms with Crippen LogP contribution in [0.4, 0.5) is 10.2 Å². The van der Waals surface area contributed by atoms with E-state index >= 15 is 0 Å². The minimum absolute atomic E-state index is 0.0664. The summed E-state index contributed by atoms with van der Waals surface area (Å²) >= 11 is 5.93. The first kappa shape index (κ1) is 29.5. The molecule has 10 heteroatoms. The molecule has 0 unspecified atom stereocenters. The Hall–Kier alpha value is -3.98. The Morgan fingerprint density at radius 1 is 1.10 bits per heavy atom. The highest BCUT2D eigenvalue weighted by Crippen LogP contribution is 2.33. The van der Waals surface area contributed by atoms with Crippen molar-refractivity contribution in [2.24, 2.45) is 5.92 Å². The van der Waals surface area contributed by atoms with Gasteiger partial charge in [0.1, 0.15) is 23.0 Å². The zero-order valence-corrected chi connectivity index (χ0v) is 25.5. The van der Waals surface area contributed by atoms with E-state index in [0.717, 1.165) is 10.9 Å². The van der Waals surface area contributed by atoms with Crippen molar-refractivity contribution in [3.63, 3.8) is 0 Å². The second-order valence-electron chi connectivity index (χ2n) is 12.0. The number of carbonyl (C=O) groups excluding carboxylic acids is 1. The zero-order chi connectivity index (χ0) is 30.5. The largest absolute Gasteiger partial charge is 0.478 e. The van der Waals surface area contributed by atoms with Gasteiger partial charge in [-0.2, -0.15) is 0 Å². The molecule has 0 radical (unpaired) electrons. The molecule has 1 fully saturated rings. The number of aromatic carboxylic acids is 1. The number of halogens is 2. The molecule has 0 saturated carbocycles. The standard InChI is InChI=1S/C32H35ClFN5O3/c1-18(2)15-38-16-23(21-7-9-24(33)25(34)14-21)22-8-10-26(36-29(22)38)30(40)39-12-11-37(17-32(39,5)6)27-13-19(3)28(31(41)42)20(4)35-27/h7-10,13-14,16,18H,11-12,15,17H2,1-6H3,(H,41,42). The van der Waals surface area contributed by atoms with E-state index in [0.29, 0.717) is 66.1 Å². The summed E-state index contributed by atoms with van der Waals surface area (Å²) in [7, 11) is 0. The SMILES string of the molecule is Cc1cc(N2CCN(C(=O)c3ccc4c(-c5ccc(Cl)c(F)c5)cn(CC(C)C)c4n3)C(C)(C)C2)nc(C)c1C(=O)O. The average Bonchev–Trinajstić information content (AvgIpc) is 3.25. The molecule has 5 rings (SSSR count). The number of carboxylic acids is 1. The van der Waals surface area contributed by atoms with Gasteiger partial charge >= 0.3 is 5.97 Å². The van der Waals surface area contributed by atoms with E-state index in [1.807, 2.05) is 35.6 Å². The maximum absolute atomic E-state index is 14.3. The molecule has 1 N–H and O–H groups in total. The van der Waals surface area contributed by atoms with Gasteiger partial charge in [0, 0.05) is 43.3 Å². The predicted octanol–water partition coefficient (Wildman–Crippen LogP) is 6.60. The summed E-state index contributed by atoms with van der Waals surface area (Å²) in [4.78, 5) is 38.9. The van der Waals surface area contributed by atoms with Crippen LogP contribution < -0.4 is 4.90 Å². The second-order valence-corrected chi connectivity index (χ2v) is 12.4. The molecule has 0 atom stereocenters. The number of piperazine rings is 1. The van der Waals surface area contributed by atoms with Gasteiger partial charge in [0.05, 0.1) is 21.8 Å². The van der Waals surface area contributed by atoms with Crippen LogP contribution in [0.1, 0.15) is 59.8 Å². The van der Waals surface area contributed by atoms with Gasteiger partial charge in [0.15, 0.2) is 0 Å². The summed E-state index contributed by atoms with van der Waals surface area (Å²) in [5.41, 5.74) is 3.33. The van der Waals surface area contributed by atoms with Crippen molar-refractivity contribution >= 4 is 40.3 Å². The summed E-state index contributed by atoms with van der Waals surface area (Å²) in [6, 6.07) is 10.2. The summed E-state index contributed by atoms with van der Waals surface area (Å²) in [5.74, 6) is -0.615. The van der Waals surface area contributed by atoms with Gasteiger partial charge in [-0.3, -0.25) is 4.79 Å². The van der Waals surface area contributed by atoms with Gasteiger partial charge in [-0.05, 0) is 75.1 Å². The van der Waals surface area contributed by atoms with Crippen LogP contribution in [0.15, 0.2) is 42.6 Å². The highest BCUT2D eigenvalue weighted by atomic mass is 35.5. The van der Waals surface area contributed by atoms with Crippen LogP contribution in [0.2, 0.25) is 5.02 Å². The van der Waals surface area contributed by atoms with Crippen LogP contribution in [0, 0.1) is 25.6 Å². The van der Waals surface area contributed by atoms with E-state index in [1.165, 1.54) is 6.07 Å². The highest BCUT2D eigenvalue weighted by Gasteiger charge is 2.38. The number of benzene rings is 1. The summed E-state index contributed by atoms with van der Waals surface area (Å²) in [5, 5.41) is 10.4. The van der Waals surface area contributed by atoms with E-state index in [9.17, 15) is 19.1 Å². The summed E-state index contributed by atoms with van der Waals surface area (Å²) in [6.07, 6.45) is 1.96. The van der Waals surface area contributed by atoms with E-state index in [2.05, 4.69) is 23.7 Å². The molecular weight excluding hydrogens is 557 g/mol. The molecule has 0 aliphatic carbocycles. The van der Waals surface area contributed by atoms with Gasteiger partial charge in [0.25, 0.3) is 5.91 Å². The van der Waals surface area contributed by atoms with Crippen LogP contribution in [0.5, 0.6) is 0 Å². The van der Waals surface area contributed by atoms with E-state index < -0.39 is 17.3 Å². The Labute approximate surface area is 249 Å². The topological polar surface area (TPSA) is 91.6 Å². The molecule has 4 aromatic rings. The van der Waals surface area contributed by atoms with Crippen molar-refractivity contribution in [2.75, 3.05) is 24.5 Å². The van der Waals surface area contributed by atoms with E-state index in [1.54, 1.807) is 38.1 Å². The molecule has 1 aliphatic rings. The third-order valence-corrected chi connectivity index (χ3v) is 8.11. The Kier molecular flexibility index (Phi) is 7.74. The Morgan fingerprint density at radius 3 is 2.45 bits per heavy atom. The number of carbonyl (C=O) groups is 2. The van der Waals surface area contributed by atoms with E-state index in [-0.39, 0.29) is 16.5 Å². The predicted molar refractivity (Wildman–Crippen MR) is 163 cm³/mol. The van der Waals surface area contributed by atoms with Crippen LogP contribution in [-0.4, -0.2) is 61.6 Å². The maximum Gasteiger partial charge on any atom is 0.337 e. The van der Waals surface area contributed by atoms with Crippen LogP contribution in [0.3, 0.4) is 0 Å². The lowest BCUT2D eigenvalue weighted by Gasteiger charge is -2.47. The number of anilines is 1. The first-order valence-electron chi connectivity index (χ1n) is 14.0. The molecule has 42 heavy (non-hydrogen) atoms. The number of hydrogen-bond acceptors (Lipinski definition) is 5. The average molecular weight is 592 g/mol. The molecule has 1 aromatic carbocycles. The van der Waals surface area contributed by atoms with Crippen molar-refractivity contribution in [3.05, 3.63) is 75.9 Å². The molecule has 1 amide bonds. The van der Waals surface area contributed by atoms with Gasteiger partial charge in [0.2, 0.25) is 0 Å². The molecule has 1 saturated heterocycles. The monoisotopic (exact) mass is 591 g/mol. The minimum Gasteiger partial charge on any atom is -0.478 e. The Bertz CT molecular complexity index is 1690. The number of hydrogen-bond donors (Lipinski definition) is 1. The molecule has 8 nitrogen and oxygen atoms in total. The molecule has 0 bridgehead atoms. The Morgan fingerprint density at radius 2 is 1.83 bits per heavy atom. The van der Waals surface area contributed by atoms with Crippen molar-refractivity contribution in [1.82, 2.24) is 19.4 Å². The van der Waals surface area contributed by atoms with Gasteiger partial charge in [-0.1, -0.05) is 31.5 Å². The van der Waals surface area contributed by atoms with Crippen LogP contribution in [-0.2, 0) is 6.54 Å². The van der Waals surface area contributed by atoms with E-state index in [4.69, 9.17) is 16.6 Å². The summed E-state index contributed by atoms with van der Waals surface area (Å²) < 4.78 is 16.3. The van der Waals surface area contributed by atoms with Gasteiger partial charge in [-0.25, -0.2) is 19.2 Å². The molecule has 0 spiro atoms. The van der Waals surface area contributed by atoms with Crippen molar-refractivity contribution in [3.8, 4) is 11.1 Å². The summed E-state index contributed by atoms with van der Waals surface area (Å²) in [6.45, 7) is 13.9. The lowest BCUT2D eigenvalue weighted by Crippen LogP contribution is -2.61. The van der Waals surface area contributed by atoms with Crippen LogP contribution >= 0.6 is 11.6 Å². The fourth-order valence-electron chi connectivity index (χ4n) is 5.87. The number of amides is 1. The molecule has 3 aromatic heterocycles. The quantitative estimate of drug-likeness (QED) is 0.271. The number of pyridine rings is 2. The number of nitrogens with zero attached hydrogens (tertiary/aromatic N) is 5. The number of aromatic nitrogens is 3. The molecular formula is C32H35ClFN5O3. The third-order valence-electron chi connectivity index (χ3n) is 7.80. The first-order valence-corrected chi connectivity index (χ1v) is 14.4. The lowest BCUT2D eigenvalue weighted by molar-refractivity contribution is 0.0507. The number of carboxylic acid groups (broad SMARTS) is 1. The fourth-order valence-corrected chi connectivity index (χ4v) is 5.99. The zero-order valence-electron chi connectivity index (χ0n) is 24.7. The van der Waals surface area contributed by atoms with Gasteiger partial charge < -0.3 is 19.5 Å². The smallest absolute Gasteiger partial charge is 0.337 e. The van der Waals surface area contributed by atoms with Crippen LogP contribution in [0.25, 0.3) is 22.2 Å². The van der Waals surface area contributed by atoms with Crippen molar-refractivity contribution < 1.29 is 19.1 Å². The third kappa shape index (κ3) is 5.45. The molecule has 1 aliphatic heterocycles. The molecule has 4 heterocycles. The van der Waals surface area contributed by atoms with Crippen molar-refractivity contribution in [2.45, 2.75) is 53.6 Å². The first-order chi connectivity index (χ1) is 19.8. The molecule has 220 valence electrons. The fraction of sp³-hybridized carbons (Fsp3) is 0.375. The normalized spacial score (nSPS) is 15.1. The highest BCUT2D eigenvalue weighted by molar-refractivity contribution is 6.30. The Balaban J connectivity index is 1.45. The second kappa shape index (κ2) is 11.0. The lowest BCUT2D eigenvalue weighted by atomic mass is 9.97. The number of rotatable bonds is 6. The van der Waals surface area contributed by atoms with Crippen molar-refractivity contribution in [1.29, 1.82) is 0 Å². The minimum atomic E-state index is -0.990. The maximum atomic E-state index is 14.3.